The lowest BCUT2D eigenvalue weighted by atomic mass is 10.1. The molecule has 0 radical (unpaired) electrons. The largest absolute Gasteiger partial charge is 0.391 e. The number of terminal acetylenes is 1. The van der Waals surface area contributed by atoms with Crippen LogP contribution in [-0.4, -0.2) is 22.2 Å². The van der Waals surface area contributed by atoms with Crippen LogP contribution < -0.4 is 0 Å². The summed E-state index contributed by atoms with van der Waals surface area (Å²) in [6.07, 6.45) is 9.03. The Labute approximate surface area is 72.6 Å². The zero-order valence-corrected chi connectivity index (χ0v) is 7.44. The van der Waals surface area contributed by atoms with Gasteiger partial charge in [-0.25, -0.2) is 0 Å². The Morgan fingerprint density at radius 2 is 2.45 bits per heavy atom. The molecule has 2 unspecified atom stereocenters. The summed E-state index contributed by atoms with van der Waals surface area (Å²) >= 11 is 1.87. The lowest BCUT2D eigenvalue weighted by molar-refractivity contribution is 0.171. The molecule has 0 saturated carbocycles. The van der Waals surface area contributed by atoms with Gasteiger partial charge in [0.25, 0.3) is 0 Å². The smallest absolute Gasteiger partial charge is 0.0767 e. The molecule has 1 nitrogen and oxygen atoms in total. The Morgan fingerprint density at radius 3 is 3.00 bits per heavy atom. The third-order valence-corrected chi connectivity index (χ3v) is 3.47. The first-order valence-electron chi connectivity index (χ1n) is 4.07. The number of hydrogen-bond acceptors (Lipinski definition) is 2. The van der Waals surface area contributed by atoms with Gasteiger partial charge in [0.1, 0.15) is 0 Å². The molecule has 2 heteroatoms. The molecule has 0 aromatic rings. The van der Waals surface area contributed by atoms with E-state index in [1.165, 1.54) is 18.6 Å². The standard InChI is InChI=1S/C9H14OS/c1-2-5-8(10)9-6-3-4-7-11-9/h1,8-10H,3-7H2. The zero-order valence-electron chi connectivity index (χ0n) is 6.62. The lowest BCUT2D eigenvalue weighted by Crippen LogP contribution is -2.25. The van der Waals surface area contributed by atoms with Gasteiger partial charge < -0.3 is 5.11 Å². The molecular formula is C9H14OS. The average Bonchev–Trinajstić information content (AvgIpc) is 2.07. The molecule has 1 saturated heterocycles. The van der Waals surface area contributed by atoms with Crippen molar-refractivity contribution in [3.05, 3.63) is 0 Å². The molecule has 0 bridgehead atoms. The van der Waals surface area contributed by atoms with Crippen LogP contribution in [0.4, 0.5) is 0 Å². The van der Waals surface area contributed by atoms with Gasteiger partial charge in [0.2, 0.25) is 0 Å². The Hall–Kier alpha value is -0.130. The van der Waals surface area contributed by atoms with Crippen LogP contribution in [0.25, 0.3) is 0 Å². The Kier molecular flexibility index (Phi) is 3.82. The molecule has 1 aliphatic heterocycles. The second-order valence-corrected chi connectivity index (χ2v) is 4.23. The SMILES string of the molecule is C#CCC(O)C1CCCCS1. The first-order valence-corrected chi connectivity index (χ1v) is 5.12. The maximum Gasteiger partial charge on any atom is 0.0767 e. The number of aliphatic hydroxyl groups is 1. The number of thioether (sulfide) groups is 1. The van der Waals surface area contributed by atoms with Gasteiger partial charge in [-0.3, -0.25) is 0 Å². The molecule has 1 heterocycles. The third kappa shape index (κ3) is 2.76. The van der Waals surface area contributed by atoms with Gasteiger partial charge in [-0.1, -0.05) is 6.42 Å². The van der Waals surface area contributed by atoms with E-state index < -0.39 is 0 Å². The lowest BCUT2D eigenvalue weighted by Gasteiger charge is -2.24. The summed E-state index contributed by atoms with van der Waals surface area (Å²) in [6.45, 7) is 0. The Balaban J connectivity index is 2.27. The van der Waals surface area contributed by atoms with Crippen LogP contribution in [0.5, 0.6) is 0 Å². The molecule has 2 atom stereocenters. The Morgan fingerprint density at radius 1 is 1.64 bits per heavy atom. The van der Waals surface area contributed by atoms with Gasteiger partial charge in [-0.2, -0.15) is 11.8 Å². The predicted octanol–water partition coefficient (Wildman–Crippen LogP) is 1.66. The van der Waals surface area contributed by atoms with Crippen molar-refractivity contribution in [3.8, 4) is 12.3 Å². The molecule has 0 aliphatic carbocycles. The predicted molar refractivity (Wildman–Crippen MR) is 49.6 cm³/mol. The van der Waals surface area contributed by atoms with E-state index in [4.69, 9.17) is 6.42 Å². The second-order valence-electron chi connectivity index (χ2n) is 2.88. The highest BCUT2D eigenvalue weighted by atomic mass is 32.2. The van der Waals surface area contributed by atoms with Gasteiger partial charge in [0.15, 0.2) is 0 Å². The molecule has 1 N–H and O–H groups in total. The topological polar surface area (TPSA) is 20.2 Å². The van der Waals surface area contributed by atoms with Crippen molar-refractivity contribution in [2.45, 2.75) is 37.0 Å². The first kappa shape index (κ1) is 8.96. The summed E-state index contributed by atoms with van der Waals surface area (Å²) in [4.78, 5) is 0. The van der Waals surface area contributed by atoms with E-state index in [2.05, 4.69) is 5.92 Å². The summed E-state index contributed by atoms with van der Waals surface area (Å²) in [6, 6.07) is 0. The molecular weight excluding hydrogens is 156 g/mol. The molecule has 1 fully saturated rings. The molecule has 11 heavy (non-hydrogen) atoms. The van der Waals surface area contributed by atoms with Crippen LogP contribution >= 0.6 is 11.8 Å². The van der Waals surface area contributed by atoms with Crippen LogP contribution in [-0.2, 0) is 0 Å². The molecule has 1 aliphatic rings. The van der Waals surface area contributed by atoms with E-state index in [0.29, 0.717) is 11.7 Å². The monoisotopic (exact) mass is 170 g/mol. The van der Waals surface area contributed by atoms with Crippen molar-refractivity contribution >= 4 is 11.8 Å². The van der Waals surface area contributed by atoms with Crippen LogP contribution in [0.3, 0.4) is 0 Å². The van der Waals surface area contributed by atoms with E-state index in [1.54, 1.807) is 0 Å². The molecule has 0 aromatic carbocycles. The summed E-state index contributed by atoms with van der Waals surface area (Å²) in [7, 11) is 0. The van der Waals surface area contributed by atoms with Crippen molar-refractivity contribution in [2.75, 3.05) is 5.75 Å². The summed E-state index contributed by atoms with van der Waals surface area (Å²) < 4.78 is 0. The number of rotatable bonds is 2. The summed E-state index contributed by atoms with van der Waals surface area (Å²) in [5.74, 6) is 3.69. The third-order valence-electron chi connectivity index (χ3n) is 1.97. The minimum atomic E-state index is -0.273. The molecule has 0 amide bonds. The van der Waals surface area contributed by atoms with Gasteiger partial charge in [0, 0.05) is 11.7 Å². The molecule has 1 rings (SSSR count). The highest BCUT2D eigenvalue weighted by molar-refractivity contribution is 8.00. The summed E-state index contributed by atoms with van der Waals surface area (Å²) in [5, 5.41) is 9.91. The molecule has 62 valence electrons. The van der Waals surface area contributed by atoms with Crippen LogP contribution in [0.15, 0.2) is 0 Å². The van der Waals surface area contributed by atoms with Crippen molar-refractivity contribution in [2.24, 2.45) is 0 Å². The molecule has 0 aromatic heterocycles. The maximum atomic E-state index is 9.51. The zero-order chi connectivity index (χ0) is 8.10. The second kappa shape index (κ2) is 4.69. The van der Waals surface area contributed by atoms with E-state index >= 15 is 0 Å². The number of aliphatic hydroxyl groups excluding tert-OH is 1. The highest BCUT2D eigenvalue weighted by Gasteiger charge is 2.20. The minimum Gasteiger partial charge on any atom is -0.391 e. The van der Waals surface area contributed by atoms with Crippen molar-refractivity contribution in [3.63, 3.8) is 0 Å². The normalized spacial score (nSPS) is 27.5. The van der Waals surface area contributed by atoms with E-state index in [-0.39, 0.29) is 6.10 Å². The van der Waals surface area contributed by atoms with Gasteiger partial charge in [-0.05, 0) is 18.6 Å². The van der Waals surface area contributed by atoms with E-state index in [1.807, 2.05) is 11.8 Å². The molecule has 0 spiro atoms. The minimum absolute atomic E-state index is 0.273. The quantitative estimate of drug-likeness (QED) is 0.636. The first-order chi connectivity index (χ1) is 5.34. The van der Waals surface area contributed by atoms with Crippen LogP contribution in [0.1, 0.15) is 25.7 Å². The van der Waals surface area contributed by atoms with E-state index in [0.717, 1.165) is 6.42 Å². The van der Waals surface area contributed by atoms with E-state index in [9.17, 15) is 5.11 Å². The van der Waals surface area contributed by atoms with Crippen LogP contribution in [0.2, 0.25) is 0 Å². The van der Waals surface area contributed by atoms with Crippen LogP contribution in [0, 0.1) is 12.3 Å². The highest BCUT2D eigenvalue weighted by Crippen LogP contribution is 2.28. The number of hydrogen-bond donors (Lipinski definition) is 1. The maximum absolute atomic E-state index is 9.51. The van der Waals surface area contributed by atoms with Crippen molar-refractivity contribution < 1.29 is 5.11 Å². The van der Waals surface area contributed by atoms with Crippen molar-refractivity contribution in [1.29, 1.82) is 0 Å². The van der Waals surface area contributed by atoms with Gasteiger partial charge in [0.05, 0.1) is 6.10 Å². The van der Waals surface area contributed by atoms with Crippen molar-refractivity contribution in [1.82, 2.24) is 0 Å². The van der Waals surface area contributed by atoms with Gasteiger partial charge >= 0.3 is 0 Å². The fraction of sp³-hybridized carbons (Fsp3) is 0.778. The Bertz CT molecular complexity index is 144. The average molecular weight is 170 g/mol. The summed E-state index contributed by atoms with van der Waals surface area (Å²) in [5.41, 5.74) is 0. The van der Waals surface area contributed by atoms with Gasteiger partial charge in [-0.15, -0.1) is 12.3 Å². The fourth-order valence-electron chi connectivity index (χ4n) is 1.32. The fourth-order valence-corrected chi connectivity index (χ4v) is 2.65.